The Hall–Kier alpha value is -4.43. The summed E-state index contributed by atoms with van der Waals surface area (Å²) in [5.74, 6) is 7.07. The summed E-state index contributed by atoms with van der Waals surface area (Å²) >= 11 is 0. The SMILES string of the molecule is CCCNc1nc(Nc2cccc3c2cnn3C)ncc1C#CCCCNC(=O)[C@H](C)N(C)C(=O)C=CCN(C)C. The van der Waals surface area contributed by atoms with Gasteiger partial charge in [-0.2, -0.15) is 10.1 Å². The van der Waals surface area contributed by atoms with E-state index in [0.29, 0.717) is 43.3 Å². The van der Waals surface area contributed by atoms with Crippen molar-refractivity contribution in [2.75, 3.05) is 51.4 Å². The summed E-state index contributed by atoms with van der Waals surface area (Å²) in [5, 5.41) is 14.9. The first-order valence-corrected chi connectivity index (χ1v) is 13.8. The molecule has 0 aliphatic carbocycles. The van der Waals surface area contributed by atoms with Crippen molar-refractivity contribution in [3.05, 3.63) is 48.3 Å². The van der Waals surface area contributed by atoms with Gasteiger partial charge >= 0.3 is 0 Å². The molecule has 3 N–H and O–H groups in total. The number of nitrogens with one attached hydrogen (secondary N) is 3. The lowest BCUT2D eigenvalue weighted by atomic mass is 10.2. The van der Waals surface area contributed by atoms with E-state index in [9.17, 15) is 9.59 Å². The average Bonchev–Trinajstić information content (AvgIpc) is 3.34. The van der Waals surface area contributed by atoms with E-state index in [1.54, 1.807) is 26.2 Å². The van der Waals surface area contributed by atoms with Crippen molar-refractivity contribution in [1.29, 1.82) is 0 Å². The van der Waals surface area contributed by atoms with Crippen molar-refractivity contribution in [2.45, 2.75) is 39.2 Å². The van der Waals surface area contributed by atoms with Crippen molar-refractivity contribution in [2.24, 2.45) is 7.05 Å². The van der Waals surface area contributed by atoms with Gasteiger partial charge < -0.3 is 25.8 Å². The van der Waals surface area contributed by atoms with Crippen LogP contribution in [0.3, 0.4) is 0 Å². The van der Waals surface area contributed by atoms with Crippen molar-refractivity contribution < 1.29 is 9.59 Å². The van der Waals surface area contributed by atoms with Crippen LogP contribution in [-0.2, 0) is 16.6 Å². The van der Waals surface area contributed by atoms with Crippen molar-refractivity contribution in [3.8, 4) is 11.8 Å². The standard InChI is InChI=1S/C30H41N9O2/c1-7-17-31-28-23(20-33-30(36-28)35-25-14-11-15-26-24(25)21-34-39(26)6)13-9-8-10-18-32-29(41)22(2)38(5)27(40)16-12-19-37(3)4/h11-12,14-16,20-22H,7-8,10,17-19H2,1-6H3,(H,32,41)(H2,31,33,35,36)/t22-/m0/s1. The van der Waals surface area contributed by atoms with Gasteiger partial charge in [0.15, 0.2) is 0 Å². The Kier molecular flexibility index (Phi) is 11.7. The van der Waals surface area contributed by atoms with Crippen LogP contribution in [0.15, 0.2) is 42.7 Å². The van der Waals surface area contributed by atoms with E-state index in [4.69, 9.17) is 0 Å². The molecule has 1 aromatic carbocycles. The summed E-state index contributed by atoms with van der Waals surface area (Å²) in [5.41, 5.74) is 2.60. The van der Waals surface area contributed by atoms with E-state index in [-0.39, 0.29) is 11.8 Å². The van der Waals surface area contributed by atoms with Gasteiger partial charge in [-0.05, 0) is 46.0 Å². The number of aromatic nitrogens is 4. The predicted molar refractivity (Wildman–Crippen MR) is 164 cm³/mol. The number of benzene rings is 1. The first-order chi connectivity index (χ1) is 19.7. The maximum Gasteiger partial charge on any atom is 0.246 e. The highest BCUT2D eigenvalue weighted by molar-refractivity contribution is 5.93. The average molecular weight is 560 g/mol. The minimum Gasteiger partial charge on any atom is -0.369 e. The number of unbranched alkanes of at least 4 members (excludes halogenated alkanes) is 1. The monoisotopic (exact) mass is 559 g/mol. The van der Waals surface area contributed by atoms with Gasteiger partial charge in [-0.1, -0.05) is 30.9 Å². The summed E-state index contributed by atoms with van der Waals surface area (Å²) in [6.45, 7) is 5.69. The van der Waals surface area contributed by atoms with Crippen LogP contribution in [0.1, 0.15) is 38.7 Å². The number of likely N-dealkylation sites (N-methyl/N-ethyl adjacent to an activating group) is 2. The van der Waals surface area contributed by atoms with Crippen molar-refractivity contribution >= 4 is 40.2 Å². The van der Waals surface area contributed by atoms with E-state index in [2.05, 4.69) is 49.8 Å². The highest BCUT2D eigenvalue weighted by Crippen LogP contribution is 2.25. The molecule has 0 fully saturated rings. The Morgan fingerprint density at radius 1 is 1.17 bits per heavy atom. The van der Waals surface area contributed by atoms with E-state index < -0.39 is 6.04 Å². The molecule has 218 valence electrons. The zero-order chi connectivity index (χ0) is 29.8. The van der Waals surface area contributed by atoms with Crippen LogP contribution in [0.5, 0.6) is 0 Å². The zero-order valence-corrected chi connectivity index (χ0v) is 24.9. The maximum absolute atomic E-state index is 12.5. The van der Waals surface area contributed by atoms with Crippen molar-refractivity contribution in [1.82, 2.24) is 34.9 Å². The molecule has 0 saturated carbocycles. The molecule has 3 rings (SSSR count). The second-order valence-electron chi connectivity index (χ2n) is 10.0. The second-order valence-corrected chi connectivity index (χ2v) is 10.0. The number of carbonyl (C=O) groups excluding carboxylic acids is 2. The number of nitrogens with zero attached hydrogens (tertiary/aromatic N) is 6. The Bertz CT molecular complexity index is 1420. The highest BCUT2D eigenvalue weighted by atomic mass is 16.2. The molecule has 1 atom stereocenters. The summed E-state index contributed by atoms with van der Waals surface area (Å²) in [6.07, 6.45) is 9.03. The molecule has 3 aromatic rings. The third-order valence-electron chi connectivity index (χ3n) is 6.41. The van der Waals surface area contributed by atoms with Crippen LogP contribution in [0, 0.1) is 11.8 Å². The molecule has 0 aliphatic heterocycles. The quantitative estimate of drug-likeness (QED) is 0.166. The van der Waals surface area contributed by atoms with E-state index in [1.165, 1.54) is 11.0 Å². The van der Waals surface area contributed by atoms with E-state index in [1.807, 2.05) is 55.1 Å². The molecular weight excluding hydrogens is 518 g/mol. The Morgan fingerprint density at radius 3 is 2.73 bits per heavy atom. The number of hydrogen-bond donors (Lipinski definition) is 3. The summed E-state index contributed by atoms with van der Waals surface area (Å²) in [6, 6.07) is 5.38. The third kappa shape index (κ3) is 9.05. The van der Waals surface area contributed by atoms with Gasteiger partial charge in [0.2, 0.25) is 17.8 Å². The first kappa shape index (κ1) is 31.1. The lowest BCUT2D eigenvalue weighted by Crippen LogP contribution is -2.45. The number of fused-ring (bicyclic) bond motifs is 1. The number of carbonyl (C=O) groups is 2. The van der Waals surface area contributed by atoms with Gasteiger partial charge in [-0.15, -0.1) is 0 Å². The molecule has 0 saturated heterocycles. The molecule has 2 amide bonds. The number of hydrogen-bond acceptors (Lipinski definition) is 8. The number of anilines is 3. The molecule has 2 heterocycles. The van der Waals surface area contributed by atoms with Crippen LogP contribution in [0.25, 0.3) is 10.9 Å². The molecule has 0 aliphatic rings. The molecule has 0 bridgehead atoms. The van der Waals surface area contributed by atoms with Gasteiger partial charge in [0, 0.05) is 51.6 Å². The molecule has 0 unspecified atom stereocenters. The van der Waals surface area contributed by atoms with Crippen LogP contribution in [0.4, 0.5) is 17.5 Å². The minimum absolute atomic E-state index is 0.195. The molecule has 11 heteroatoms. The minimum atomic E-state index is -0.570. The summed E-state index contributed by atoms with van der Waals surface area (Å²) in [7, 11) is 7.39. The van der Waals surface area contributed by atoms with Crippen LogP contribution >= 0.6 is 0 Å². The number of amides is 2. The van der Waals surface area contributed by atoms with Crippen LogP contribution in [-0.4, -0.2) is 88.2 Å². The van der Waals surface area contributed by atoms with E-state index in [0.717, 1.165) is 29.6 Å². The van der Waals surface area contributed by atoms with Gasteiger partial charge in [0.1, 0.15) is 11.9 Å². The molecule has 0 radical (unpaired) electrons. The Morgan fingerprint density at radius 2 is 1.98 bits per heavy atom. The summed E-state index contributed by atoms with van der Waals surface area (Å²) in [4.78, 5) is 37.3. The lowest BCUT2D eigenvalue weighted by molar-refractivity contribution is -0.135. The van der Waals surface area contributed by atoms with Gasteiger partial charge in [0.25, 0.3) is 0 Å². The first-order valence-electron chi connectivity index (χ1n) is 13.8. The number of rotatable bonds is 13. The predicted octanol–water partition coefficient (Wildman–Crippen LogP) is 3.14. The van der Waals surface area contributed by atoms with Crippen LogP contribution < -0.4 is 16.0 Å². The molecular formula is C30H41N9O2. The lowest BCUT2D eigenvalue weighted by Gasteiger charge is -2.23. The highest BCUT2D eigenvalue weighted by Gasteiger charge is 2.20. The molecule has 41 heavy (non-hydrogen) atoms. The fourth-order valence-electron chi connectivity index (χ4n) is 3.86. The largest absolute Gasteiger partial charge is 0.369 e. The molecule has 0 spiro atoms. The Balaban J connectivity index is 1.54. The topological polar surface area (TPSA) is 120 Å². The van der Waals surface area contributed by atoms with Crippen LogP contribution in [0.2, 0.25) is 0 Å². The number of aryl methyl sites for hydroxylation is 1. The van der Waals surface area contributed by atoms with Gasteiger partial charge in [0.05, 0.1) is 29.2 Å². The molecule has 2 aromatic heterocycles. The fraction of sp³-hybridized carbons (Fsp3) is 0.433. The Labute approximate surface area is 242 Å². The van der Waals surface area contributed by atoms with Gasteiger partial charge in [-0.3, -0.25) is 14.3 Å². The van der Waals surface area contributed by atoms with Crippen molar-refractivity contribution in [3.63, 3.8) is 0 Å². The summed E-state index contributed by atoms with van der Waals surface area (Å²) < 4.78 is 1.83. The van der Waals surface area contributed by atoms with E-state index >= 15 is 0 Å². The zero-order valence-electron chi connectivity index (χ0n) is 24.9. The third-order valence-corrected chi connectivity index (χ3v) is 6.41. The molecule has 11 nitrogen and oxygen atoms in total. The van der Waals surface area contributed by atoms with Gasteiger partial charge in [-0.25, -0.2) is 4.98 Å². The fourth-order valence-corrected chi connectivity index (χ4v) is 3.86. The second kappa shape index (κ2) is 15.4. The maximum atomic E-state index is 12.5. The smallest absolute Gasteiger partial charge is 0.246 e. The normalized spacial score (nSPS) is 11.8.